The van der Waals surface area contributed by atoms with Gasteiger partial charge >= 0.3 is 162 Å². The summed E-state index contributed by atoms with van der Waals surface area (Å²) in [6, 6.07) is 19.3. The molecule has 0 atom stereocenters. The summed E-state index contributed by atoms with van der Waals surface area (Å²) < 4.78 is 0.320. The van der Waals surface area contributed by atoms with E-state index in [1.807, 2.05) is 6.07 Å². The first-order valence-electron chi connectivity index (χ1n) is 10.8. The maximum absolute atomic E-state index is 6.58. The van der Waals surface area contributed by atoms with Crippen LogP contribution in [0, 0.1) is 0 Å². The molecule has 0 bridgehead atoms. The zero-order valence-electron chi connectivity index (χ0n) is 17.8. The Labute approximate surface area is 193 Å². The molecule has 5 heteroatoms. The number of unbranched alkanes of at least 4 members (excludes halogenated alkanes) is 7. The van der Waals surface area contributed by atoms with Gasteiger partial charge in [-0.05, 0) is 0 Å². The summed E-state index contributed by atoms with van der Waals surface area (Å²) in [4.78, 5) is 0. The van der Waals surface area contributed by atoms with Gasteiger partial charge in [0.2, 0.25) is 0 Å². The normalized spacial score (nSPS) is 14.3. The fourth-order valence-electron chi connectivity index (χ4n) is 3.44. The van der Waals surface area contributed by atoms with E-state index >= 15 is 0 Å². The Morgan fingerprint density at radius 1 is 0.897 bits per heavy atom. The molecule has 0 heterocycles. The second-order valence-electron chi connectivity index (χ2n) is 7.70. The molecule has 2 rings (SSSR count). The van der Waals surface area contributed by atoms with Gasteiger partial charge in [-0.1, -0.05) is 32.6 Å². The van der Waals surface area contributed by atoms with Gasteiger partial charge in [0.25, 0.3) is 0 Å². The molecule has 0 saturated carbocycles. The van der Waals surface area contributed by atoms with E-state index < -0.39 is 4.64 Å². The van der Waals surface area contributed by atoms with E-state index in [1.165, 1.54) is 68.7 Å². The number of hydrogen-bond donors (Lipinski definition) is 1. The third-order valence-electron chi connectivity index (χ3n) is 5.38. The monoisotopic (exact) mass is 542 g/mol. The zero-order chi connectivity index (χ0) is 21.1. The van der Waals surface area contributed by atoms with Gasteiger partial charge in [0.1, 0.15) is 0 Å². The van der Waals surface area contributed by atoms with E-state index in [0.29, 0.717) is 0 Å². The standard InChI is InChI=1S/C24H34N2PSe2/c1-3-4-5-6-7-8-9-11-14-21-17-19-22(20-18-21)26(2)24(25)27(28,29)23-15-12-10-13-16-23/h10,12-13,15-20,25H,3-9,11,14H2,1-2H3/p+1. The molecule has 1 radical (unpaired) electrons. The molecule has 0 aliphatic rings. The van der Waals surface area contributed by atoms with Crippen molar-refractivity contribution in [2.75, 3.05) is 7.05 Å². The first kappa shape index (κ1) is 24.6. The van der Waals surface area contributed by atoms with E-state index in [9.17, 15) is 0 Å². The Kier molecular flexibility index (Phi) is 11.0. The quantitative estimate of drug-likeness (QED) is 0.0950. The van der Waals surface area contributed by atoms with Crippen molar-refractivity contribution in [3.8, 4) is 0 Å². The van der Waals surface area contributed by atoms with Crippen molar-refractivity contribution in [3.63, 3.8) is 0 Å². The molecule has 2 N–H and O–H groups in total. The summed E-state index contributed by atoms with van der Waals surface area (Å²) in [5.41, 5.74) is 10.00. The summed E-state index contributed by atoms with van der Waals surface area (Å²) in [5.74, 6) is 0. The number of rotatable bonds is 12. The van der Waals surface area contributed by atoms with Crippen LogP contribution in [-0.4, -0.2) is 48.3 Å². The fourth-order valence-corrected chi connectivity index (χ4v) is 7.85. The van der Waals surface area contributed by atoms with Gasteiger partial charge in [0.05, 0.1) is 0 Å². The molecule has 2 nitrogen and oxygen atoms in total. The van der Waals surface area contributed by atoms with Gasteiger partial charge in [0.15, 0.2) is 0 Å². The number of nitrogens with two attached hydrogens (primary N) is 1. The molecule has 2 aromatic rings. The minimum atomic E-state index is -1.78. The van der Waals surface area contributed by atoms with Crippen LogP contribution in [0.5, 0.6) is 0 Å². The van der Waals surface area contributed by atoms with Crippen molar-refractivity contribution >= 4 is 52.4 Å². The van der Waals surface area contributed by atoms with Crippen LogP contribution in [-0.2, 0) is 6.42 Å². The molecule has 0 amide bonds. The van der Waals surface area contributed by atoms with Crippen molar-refractivity contribution in [1.82, 2.24) is 0 Å². The first-order chi connectivity index (χ1) is 14.0. The number of aryl methyl sites for hydroxylation is 1. The topological polar surface area (TPSA) is 29.0 Å². The number of amidine groups is 1. The van der Waals surface area contributed by atoms with Crippen molar-refractivity contribution < 1.29 is 4.58 Å². The molecule has 0 fully saturated rings. The van der Waals surface area contributed by atoms with Crippen LogP contribution < -0.4 is 11.0 Å². The number of nitrogens with zero attached hydrogens (tertiary/aromatic N) is 1. The zero-order valence-corrected chi connectivity index (χ0v) is 22.2. The Hall–Kier alpha value is -0.621. The maximum atomic E-state index is 6.58. The predicted octanol–water partition coefficient (Wildman–Crippen LogP) is 5.47. The van der Waals surface area contributed by atoms with E-state index in [4.69, 9.17) is 5.73 Å². The van der Waals surface area contributed by atoms with Gasteiger partial charge < -0.3 is 0 Å². The Morgan fingerprint density at radius 2 is 1.45 bits per heavy atom. The SMILES string of the molecule is CCCCCCCCCCc1ccc([N+](C)=C(N)[P+]([Se])([Se-])c2ccccc2)cc1. The third-order valence-corrected chi connectivity index (χ3v) is 12.3. The van der Waals surface area contributed by atoms with Gasteiger partial charge in [-0.15, -0.1) is 0 Å². The predicted molar refractivity (Wildman–Crippen MR) is 132 cm³/mol. The van der Waals surface area contributed by atoms with Crippen LogP contribution >= 0.6 is 4.64 Å². The summed E-state index contributed by atoms with van der Waals surface area (Å²) in [5, 5.41) is 1.23. The second-order valence-corrected chi connectivity index (χ2v) is 20.2. The third kappa shape index (κ3) is 7.86. The molecule has 0 aromatic heterocycles. The van der Waals surface area contributed by atoms with Crippen molar-refractivity contribution in [2.45, 2.75) is 64.7 Å². The molecule has 2 aromatic carbocycles. The van der Waals surface area contributed by atoms with Crippen molar-refractivity contribution in [3.05, 3.63) is 60.2 Å². The Balaban J connectivity index is 1.89. The van der Waals surface area contributed by atoms with Crippen LogP contribution in [0.4, 0.5) is 5.69 Å². The van der Waals surface area contributed by atoms with Crippen LogP contribution in [0.15, 0.2) is 54.6 Å². The van der Waals surface area contributed by atoms with Crippen LogP contribution in [0.2, 0.25) is 0 Å². The Morgan fingerprint density at radius 3 is 2.03 bits per heavy atom. The molecule has 29 heavy (non-hydrogen) atoms. The summed E-state index contributed by atoms with van der Waals surface area (Å²) in [6.07, 6.45) is 12.1. The summed E-state index contributed by atoms with van der Waals surface area (Å²) in [6.45, 7) is 2.28. The number of hydrogen-bond acceptors (Lipinski definition) is 0. The second kappa shape index (κ2) is 12.9. The van der Waals surface area contributed by atoms with E-state index in [2.05, 4.69) is 98.2 Å². The number of benzene rings is 2. The molecule has 0 saturated heterocycles. The minimum absolute atomic E-state index is 0.861. The first-order valence-corrected chi connectivity index (χ1v) is 17.0. The average Bonchev–Trinajstić information content (AvgIpc) is 2.75. The van der Waals surface area contributed by atoms with Crippen molar-refractivity contribution in [1.29, 1.82) is 0 Å². The van der Waals surface area contributed by atoms with E-state index in [0.717, 1.165) is 11.3 Å². The van der Waals surface area contributed by atoms with E-state index in [-0.39, 0.29) is 0 Å². The van der Waals surface area contributed by atoms with Crippen LogP contribution in [0.3, 0.4) is 0 Å². The fraction of sp³-hybridized carbons (Fsp3) is 0.458. The van der Waals surface area contributed by atoms with Gasteiger partial charge in [0, 0.05) is 0 Å². The molecule has 0 unspecified atom stereocenters. The molecular weight excluding hydrogens is 505 g/mol. The van der Waals surface area contributed by atoms with Gasteiger partial charge in [-0.3, -0.25) is 0 Å². The molecule has 0 aliphatic heterocycles. The average molecular weight is 540 g/mol. The molecule has 0 spiro atoms. The van der Waals surface area contributed by atoms with Crippen LogP contribution in [0.25, 0.3) is 0 Å². The van der Waals surface area contributed by atoms with Crippen molar-refractivity contribution in [2.24, 2.45) is 5.73 Å². The Bertz CT molecular complexity index is 758. The van der Waals surface area contributed by atoms with Gasteiger partial charge in [-0.25, -0.2) is 0 Å². The summed E-state index contributed by atoms with van der Waals surface area (Å²) in [7, 11) is 2.05. The van der Waals surface area contributed by atoms with E-state index in [1.54, 1.807) is 0 Å². The van der Waals surface area contributed by atoms with Gasteiger partial charge in [-0.2, -0.15) is 0 Å². The molecule has 157 valence electrons. The molecule has 0 aliphatic carbocycles. The summed E-state index contributed by atoms with van der Waals surface area (Å²) >= 11 is 6.68. The van der Waals surface area contributed by atoms with Crippen LogP contribution in [0.1, 0.15) is 63.9 Å². The molecular formula is C24H35N2PSe2+.